The molecule has 9 heteroatoms. The number of rotatable bonds is 6. The van der Waals surface area contributed by atoms with Gasteiger partial charge in [-0.05, 0) is 32.8 Å². The lowest BCUT2D eigenvalue weighted by Gasteiger charge is -2.49. The molecule has 3 aromatic heterocycles. The maximum atomic E-state index is 15.5. The average Bonchev–Trinajstić information content (AvgIpc) is 3.57. The van der Waals surface area contributed by atoms with Gasteiger partial charge in [-0.25, -0.2) is 9.37 Å². The third-order valence-corrected chi connectivity index (χ3v) is 8.56. The van der Waals surface area contributed by atoms with Crippen LogP contribution in [0.15, 0.2) is 34.7 Å². The summed E-state index contributed by atoms with van der Waals surface area (Å²) in [5.41, 5.74) is 5.28. The lowest BCUT2D eigenvalue weighted by Crippen LogP contribution is -2.59. The highest BCUT2D eigenvalue weighted by molar-refractivity contribution is 7.16. The van der Waals surface area contributed by atoms with Crippen LogP contribution in [0.3, 0.4) is 0 Å². The molecule has 0 spiro atoms. The first-order valence-corrected chi connectivity index (χ1v) is 13.8. The second-order valence-corrected chi connectivity index (χ2v) is 10.6. The summed E-state index contributed by atoms with van der Waals surface area (Å²) in [7, 11) is 1.78. The number of fused-ring (bicyclic) bond motifs is 2. The molecule has 37 heavy (non-hydrogen) atoms. The van der Waals surface area contributed by atoms with E-state index in [2.05, 4.69) is 47.4 Å². The van der Waals surface area contributed by atoms with E-state index in [-0.39, 0.29) is 29.5 Å². The Kier molecular flexibility index (Phi) is 7.06. The molecule has 1 saturated heterocycles. The van der Waals surface area contributed by atoms with Gasteiger partial charge < -0.3 is 9.47 Å². The Balaban J connectivity index is 1.52. The first-order chi connectivity index (χ1) is 17.9. The second-order valence-electron chi connectivity index (χ2n) is 9.73. The Morgan fingerprint density at radius 1 is 1.19 bits per heavy atom. The van der Waals surface area contributed by atoms with Crippen LogP contribution in [-0.2, 0) is 13.6 Å². The minimum Gasteiger partial charge on any atom is -0.364 e. The van der Waals surface area contributed by atoms with Crippen LogP contribution in [0.5, 0.6) is 0 Å². The molecule has 1 aliphatic heterocycles. The molecule has 4 heterocycles. The monoisotopic (exact) mass is 520 g/mol. The van der Waals surface area contributed by atoms with Gasteiger partial charge in [-0.2, -0.15) is 5.10 Å². The van der Waals surface area contributed by atoms with E-state index >= 15 is 4.39 Å². The van der Waals surface area contributed by atoms with Crippen LogP contribution in [0.25, 0.3) is 21.3 Å². The fourth-order valence-electron chi connectivity index (χ4n) is 5.57. The van der Waals surface area contributed by atoms with E-state index in [1.165, 1.54) is 11.3 Å². The number of pyridine rings is 1. The number of aryl methyl sites for hydroxylation is 1. The topological polar surface area (TPSA) is 59.2 Å². The highest BCUT2D eigenvalue weighted by Crippen LogP contribution is 2.36. The van der Waals surface area contributed by atoms with Crippen LogP contribution in [0.2, 0.25) is 0 Å². The lowest BCUT2D eigenvalue weighted by molar-refractivity contribution is 0.0995. The van der Waals surface area contributed by atoms with Crippen molar-refractivity contribution in [2.75, 3.05) is 18.0 Å². The Bertz CT molecular complexity index is 1560. The van der Waals surface area contributed by atoms with Crippen LogP contribution in [0.1, 0.15) is 52.1 Å². The molecule has 5 rings (SSSR count). The summed E-state index contributed by atoms with van der Waals surface area (Å²) in [6.45, 7) is 10.2. The van der Waals surface area contributed by atoms with Crippen molar-refractivity contribution in [3.63, 3.8) is 0 Å². The van der Waals surface area contributed by atoms with Crippen molar-refractivity contribution in [1.82, 2.24) is 24.2 Å². The number of benzene rings is 1. The van der Waals surface area contributed by atoms with Gasteiger partial charge in [0.15, 0.2) is 5.82 Å². The van der Waals surface area contributed by atoms with Crippen LogP contribution in [0.4, 0.5) is 10.1 Å². The largest absolute Gasteiger partial charge is 0.364 e. The normalized spacial score (nSPS) is 19.4. The average molecular weight is 521 g/mol. The predicted octanol–water partition coefficient (Wildman–Crippen LogP) is 4.95. The molecule has 0 amide bonds. The SMILES string of the molecule is CC#CCn1cc2c(n1)c(N1C[C@@H](CC)N([C@@H](C)c3ccc4scnc4c3F)C[C@@H]1CC)cc(=O)n2C. The van der Waals surface area contributed by atoms with E-state index in [1.54, 1.807) is 27.9 Å². The molecule has 4 aromatic rings. The molecule has 0 aliphatic carbocycles. The molecule has 0 unspecified atom stereocenters. The van der Waals surface area contributed by atoms with Crippen molar-refractivity contribution in [2.24, 2.45) is 7.05 Å². The molecule has 1 fully saturated rings. The predicted molar refractivity (Wildman–Crippen MR) is 149 cm³/mol. The van der Waals surface area contributed by atoms with E-state index in [4.69, 9.17) is 5.10 Å². The smallest absolute Gasteiger partial charge is 0.252 e. The summed E-state index contributed by atoms with van der Waals surface area (Å²) >= 11 is 1.46. The number of halogens is 1. The summed E-state index contributed by atoms with van der Waals surface area (Å²) in [5, 5.41) is 4.83. The first-order valence-electron chi connectivity index (χ1n) is 12.9. The van der Waals surface area contributed by atoms with Gasteiger partial charge in [0.25, 0.3) is 5.56 Å². The lowest BCUT2D eigenvalue weighted by atomic mass is 9.96. The Labute approximate surface area is 220 Å². The Hall–Kier alpha value is -3.22. The van der Waals surface area contributed by atoms with Crippen molar-refractivity contribution in [1.29, 1.82) is 0 Å². The number of piperazine rings is 1. The van der Waals surface area contributed by atoms with E-state index in [0.717, 1.165) is 47.4 Å². The molecule has 0 radical (unpaired) electrons. The Morgan fingerprint density at radius 3 is 2.70 bits per heavy atom. The van der Waals surface area contributed by atoms with Gasteiger partial charge in [0, 0.05) is 49.9 Å². The number of nitrogens with zero attached hydrogens (tertiary/aromatic N) is 6. The van der Waals surface area contributed by atoms with Gasteiger partial charge in [-0.15, -0.1) is 17.3 Å². The minimum atomic E-state index is -0.217. The molecular formula is C28H33FN6OS. The van der Waals surface area contributed by atoms with Crippen LogP contribution in [-0.4, -0.2) is 49.4 Å². The van der Waals surface area contributed by atoms with Gasteiger partial charge in [-0.3, -0.25) is 14.4 Å². The third kappa shape index (κ3) is 4.42. The summed E-state index contributed by atoms with van der Waals surface area (Å²) in [6, 6.07) is 5.86. The summed E-state index contributed by atoms with van der Waals surface area (Å²) in [6.07, 6.45) is 3.71. The number of hydrogen-bond donors (Lipinski definition) is 0. The summed E-state index contributed by atoms with van der Waals surface area (Å²) in [5.74, 6) is 5.74. The van der Waals surface area contributed by atoms with Crippen LogP contribution in [0, 0.1) is 17.7 Å². The van der Waals surface area contributed by atoms with Crippen molar-refractivity contribution in [3.8, 4) is 11.8 Å². The van der Waals surface area contributed by atoms with E-state index in [9.17, 15) is 4.79 Å². The Morgan fingerprint density at radius 2 is 1.97 bits per heavy atom. The molecule has 1 aliphatic rings. The number of aromatic nitrogens is 4. The summed E-state index contributed by atoms with van der Waals surface area (Å²) in [4.78, 5) is 22.0. The standard InChI is InChI=1S/C28H33FN6OS/c1-6-9-12-33-16-23-27(31-33)22(13-25(36)32(23)5)35-15-19(7-2)34(14-20(35)8-3)18(4)21-10-11-24-28(26(21)29)30-17-37-24/h10-11,13,16-20H,7-8,12,14-15H2,1-5H3/t18-,19+,20-/m0/s1. The molecule has 194 valence electrons. The van der Waals surface area contributed by atoms with Crippen molar-refractivity contribution >= 4 is 38.3 Å². The first kappa shape index (κ1) is 25.4. The molecule has 3 atom stereocenters. The van der Waals surface area contributed by atoms with Crippen LogP contribution >= 0.6 is 11.3 Å². The minimum absolute atomic E-state index is 0.0547. The fraction of sp³-hybridized carbons (Fsp3) is 0.464. The molecule has 7 nitrogen and oxygen atoms in total. The second kappa shape index (κ2) is 10.3. The molecule has 1 aromatic carbocycles. The number of hydrogen-bond acceptors (Lipinski definition) is 6. The zero-order valence-corrected chi connectivity index (χ0v) is 22.8. The quantitative estimate of drug-likeness (QED) is 0.337. The highest BCUT2D eigenvalue weighted by atomic mass is 32.1. The van der Waals surface area contributed by atoms with Gasteiger partial charge in [-0.1, -0.05) is 25.8 Å². The zero-order chi connectivity index (χ0) is 26.3. The van der Waals surface area contributed by atoms with Gasteiger partial charge in [0.1, 0.15) is 17.6 Å². The van der Waals surface area contributed by atoms with Gasteiger partial charge in [0.05, 0.1) is 27.6 Å². The highest BCUT2D eigenvalue weighted by Gasteiger charge is 2.37. The maximum Gasteiger partial charge on any atom is 0.252 e. The van der Waals surface area contributed by atoms with Crippen LogP contribution < -0.4 is 10.5 Å². The number of thiazole rings is 1. The number of anilines is 1. The third-order valence-electron chi connectivity index (χ3n) is 7.76. The molecule has 0 N–H and O–H groups in total. The fourth-order valence-corrected chi connectivity index (χ4v) is 6.24. The van der Waals surface area contributed by atoms with E-state index < -0.39 is 0 Å². The van der Waals surface area contributed by atoms with Gasteiger partial charge >= 0.3 is 0 Å². The molecule has 0 saturated carbocycles. The van der Waals surface area contributed by atoms with E-state index in [0.29, 0.717) is 17.6 Å². The molecule has 0 bridgehead atoms. The van der Waals surface area contributed by atoms with E-state index in [1.807, 2.05) is 25.3 Å². The molecular weight excluding hydrogens is 487 g/mol. The van der Waals surface area contributed by atoms with Crippen molar-refractivity contribution < 1.29 is 4.39 Å². The maximum absolute atomic E-state index is 15.5. The van der Waals surface area contributed by atoms with Gasteiger partial charge in [0.2, 0.25) is 0 Å². The summed E-state index contributed by atoms with van der Waals surface area (Å²) < 4.78 is 19.8. The zero-order valence-electron chi connectivity index (χ0n) is 22.0. The van der Waals surface area contributed by atoms with Crippen molar-refractivity contribution in [2.45, 2.75) is 65.2 Å². The van der Waals surface area contributed by atoms with Crippen molar-refractivity contribution in [3.05, 3.63) is 51.6 Å².